The van der Waals surface area contributed by atoms with E-state index in [0.717, 1.165) is 25.3 Å². The van der Waals surface area contributed by atoms with Crippen LogP contribution in [0.1, 0.15) is 58.4 Å². The third kappa shape index (κ3) is 7.53. The molecule has 0 heterocycles. The van der Waals surface area contributed by atoms with Crippen LogP contribution in [0.4, 0.5) is 13.2 Å². The summed E-state index contributed by atoms with van der Waals surface area (Å²) in [5.41, 5.74) is 0.250. The average Bonchev–Trinajstić information content (AvgIpc) is 2.39. The van der Waals surface area contributed by atoms with E-state index in [1.54, 1.807) is 0 Å². The molecular formula is C18H25F3O2. The third-order valence-electron chi connectivity index (χ3n) is 3.85. The first-order valence-corrected chi connectivity index (χ1v) is 7.93. The summed E-state index contributed by atoms with van der Waals surface area (Å²) in [5.74, 6) is -4.41. The average molecular weight is 330 g/mol. The Morgan fingerprint density at radius 2 is 1.70 bits per heavy atom. The normalized spacial score (nSPS) is 13.1. The standard InChI is InChI=1S/C18H25F3O2/c1-18(2,3)7-5-4-6-12(9-17(22)23)8-13-10-15(20)16(21)11-14(13)19/h10-12H,4-9H2,1-3H3,(H,22,23). The molecular weight excluding hydrogens is 305 g/mol. The lowest BCUT2D eigenvalue weighted by atomic mass is 9.86. The molecule has 0 spiro atoms. The second-order valence-electron chi connectivity index (χ2n) is 7.33. The number of carboxylic acids is 1. The molecule has 0 radical (unpaired) electrons. The summed E-state index contributed by atoms with van der Waals surface area (Å²) >= 11 is 0. The van der Waals surface area contributed by atoms with Crippen molar-refractivity contribution in [3.63, 3.8) is 0 Å². The van der Waals surface area contributed by atoms with Gasteiger partial charge in [-0.3, -0.25) is 4.79 Å². The van der Waals surface area contributed by atoms with Crippen molar-refractivity contribution in [2.45, 2.75) is 59.3 Å². The Balaban J connectivity index is 2.68. The lowest BCUT2D eigenvalue weighted by molar-refractivity contribution is -0.138. The van der Waals surface area contributed by atoms with E-state index in [-0.39, 0.29) is 29.7 Å². The molecule has 1 aromatic carbocycles. The summed E-state index contributed by atoms with van der Waals surface area (Å²) in [7, 11) is 0. The molecule has 130 valence electrons. The van der Waals surface area contributed by atoms with E-state index >= 15 is 0 Å². The third-order valence-corrected chi connectivity index (χ3v) is 3.85. The van der Waals surface area contributed by atoms with Crippen molar-refractivity contribution in [1.29, 1.82) is 0 Å². The predicted molar refractivity (Wildman–Crippen MR) is 83.7 cm³/mol. The minimum Gasteiger partial charge on any atom is -0.481 e. The first-order valence-electron chi connectivity index (χ1n) is 7.93. The summed E-state index contributed by atoms with van der Waals surface area (Å²) < 4.78 is 39.9. The van der Waals surface area contributed by atoms with Gasteiger partial charge in [0.15, 0.2) is 11.6 Å². The fourth-order valence-electron chi connectivity index (χ4n) is 2.64. The summed E-state index contributed by atoms with van der Waals surface area (Å²) in [5, 5.41) is 8.99. The highest BCUT2D eigenvalue weighted by molar-refractivity contribution is 5.67. The van der Waals surface area contributed by atoms with Gasteiger partial charge in [0, 0.05) is 12.5 Å². The maximum Gasteiger partial charge on any atom is 0.303 e. The van der Waals surface area contributed by atoms with Crippen LogP contribution in [-0.4, -0.2) is 11.1 Å². The van der Waals surface area contributed by atoms with Crippen LogP contribution >= 0.6 is 0 Å². The fourth-order valence-corrected chi connectivity index (χ4v) is 2.64. The molecule has 2 nitrogen and oxygen atoms in total. The molecule has 0 aromatic heterocycles. The van der Waals surface area contributed by atoms with Gasteiger partial charge in [-0.25, -0.2) is 13.2 Å². The molecule has 5 heteroatoms. The van der Waals surface area contributed by atoms with Crippen molar-refractivity contribution in [1.82, 2.24) is 0 Å². The Hall–Kier alpha value is -1.52. The Kier molecular flexibility index (Phi) is 7.10. The topological polar surface area (TPSA) is 37.3 Å². The number of carbonyl (C=O) groups is 1. The van der Waals surface area contributed by atoms with Crippen LogP contribution in [0.5, 0.6) is 0 Å². The molecule has 1 aromatic rings. The highest BCUT2D eigenvalue weighted by atomic mass is 19.2. The van der Waals surface area contributed by atoms with Gasteiger partial charge in [-0.2, -0.15) is 0 Å². The number of aliphatic carboxylic acids is 1. The van der Waals surface area contributed by atoms with Gasteiger partial charge in [0.2, 0.25) is 0 Å². The van der Waals surface area contributed by atoms with Crippen molar-refractivity contribution in [2.75, 3.05) is 0 Å². The van der Waals surface area contributed by atoms with Crippen molar-refractivity contribution < 1.29 is 23.1 Å². The number of unbranched alkanes of at least 4 members (excludes halogenated alkanes) is 1. The van der Waals surface area contributed by atoms with Crippen LogP contribution in [0.3, 0.4) is 0 Å². The minimum atomic E-state index is -1.23. The van der Waals surface area contributed by atoms with Gasteiger partial charge < -0.3 is 5.11 Å². The van der Waals surface area contributed by atoms with E-state index < -0.39 is 23.4 Å². The summed E-state index contributed by atoms with van der Waals surface area (Å²) in [6, 6.07) is 1.34. The van der Waals surface area contributed by atoms with Crippen LogP contribution in [0.15, 0.2) is 12.1 Å². The first-order chi connectivity index (χ1) is 10.6. The first kappa shape index (κ1) is 19.5. The monoisotopic (exact) mass is 330 g/mol. The Labute approximate surface area is 135 Å². The largest absolute Gasteiger partial charge is 0.481 e. The van der Waals surface area contributed by atoms with Crippen LogP contribution in [-0.2, 0) is 11.2 Å². The van der Waals surface area contributed by atoms with E-state index in [0.29, 0.717) is 12.5 Å². The highest BCUT2D eigenvalue weighted by Crippen LogP contribution is 2.26. The lowest BCUT2D eigenvalue weighted by Gasteiger charge is -2.19. The van der Waals surface area contributed by atoms with Crippen LogP contribution in [0.25, 0.3) is 0 Å². The zero-order valence-electron chi connectivity index (χ0n) is 14.0. The van der Waals surface area contributed by atoms with Gasteiger partial charge in [0.25, 0.3) is 0 Å². The maximum absolute atomic E-state index is 13.7. The molecule has 23 heavy (non-hydrogen) atoms. The van der Waals surface area contributed by atoms with Crippen LogP contribution in [0, 0.1) is 28.8 Å². The molecule has 0 fully saturated rings. The summed E-state index contributed by atoms with van der Waals surface area (Å²) in [6.07, 6.45) is 3.44. The molecule has 0 saturated carbocycles. The summed E-state index contributed by atoms with van der Waals surface area (Å²) in [4.78, 5) is 11.0. The van der Waals surface area contributed by atoms with Gasteiger partial charge in [0.05, 0.1) is 0 Å². The van der Waals surface area contributed by atoms with E-state index in [2.05, 4.69) is 20.8 Å². The van der Waals surface area contributed by atoms with E-state index in [1.165, 1.54) is 0 Å². The maximum atomic E-state index is 13.7. The predicted octanol–water partition coefficient (Wildman–Crippen LogP) is 5.34. The fraction of sp³-hybridized carbons (Fsp3) is 0.611. The van der Waals surface area contributed by atoms with Crippen LogP contribution in [0.2, 0.25) is 0 Å². The molecule has 0 saturated heterocycles. The number of carboxylic acid groups (broad SMARTS) is 1. The molecule has 1 rings (SSSR count). The second kappa shape index (κ2) is 8.37. The van der Waals surface area contributed by atoms with E-state index in [1.807, 2.05) is 0 Å². The van der Waals surface area contributed by atoms with Crippen molar-refractivity contribution in [3.8, 4) is 0 Å². The van der Waals surface area contributed by atoms with Crippen molar-refractivity contribution >= 4 is 5.97 Å². The highest BCUT2D eigenvalue weighted by Gasteiger charge is 2.18. The summed E-state index contributed by atoms with van der Waals surface area (Å²) in [6.45, 7) is 6.41. The van der Waals surface area contributed by atoms with Crippen LogP contribution < -0.4 is 0 Å². The Morgan fingerprint density at radius 3 is 2.26 bits per heavy atom. The van der Waals surface area contributed by atoms with Gasteiger partial charge >= 0.3 is 5.97 Å². The molecule has 0 amide bonds. The second-order valence-corrected chi connectivity index (χ2v) is 7.33. The van der Waals surface area contributed by atoms with Gasteiger partial charge in [-0.15, -0.1) is 0 Å². The van der Waals surface area contributed by atoms with Crippen molar-refractivity contribution in [2.24, 2.45) is 11.3 Å². The molecule has 0 aliphatic rings. The lowest BCUT2D eigenvalue weighted by Crippen LogP contribution is -2.13. The number of benzene rings is 1. The number of rotatable bonds is 8. The molecule has 1 N–H and O–H groups in total. The number of hydrogen-bond acceptors (Lipinski definition) is 1. The Morgan fingerprint density at radius 1 is 1.09 bits per heavy atom. The van der Waals surface area contributed by atoms with Gasteiger partial charge in [-0.05, 0) is 42.2 Å². The SMILES string of the molecule is CC(C)(C)CCCCC(CC(=O)O)Cc1cc(F)c(F)cc1F. The number of halogens is 3. The molecule has 1 atom stereocenters. The van der Waals surface area contributed by atoms with E-state index in [9.17, 15) is 18.0 Å². The molecule has 0 aliphatic carbocycles. The van der Waals surface area contributed by atoms with Gasteiger partial charge in [-0.1, -0.05) is 33.6 Å². The zero-order valence-corrected chi connectivity index (χ0v) is 14.0. The molecule has 0 aliphatic heterocycles. The van der Waals surface area contributed by atoms with Crippen molar-refractivity contribution in [3.05, 3.63) is 35.1 Å². The Bertz CT molecular complexity index is 536. The molecule has 0 bridgehead atoms. The smallest absolute Gasteiger partial charge is 0.303 e. The molecule has 1 unspecified atom stereocenters. The van der Waals surface area contributed by atoms with E-state index in [4.69, 9.17) is 5.11 Å². The zero-order chi connectivity index (χ0) is 17.6. The number of hydrogen-bond donors (Lipinski definition) is 1. The van der Waals surface area contributed by atoms with Gasteiger partial charge in [0.1, 0.15) is 5.82 Å². The quantitative estimate of drug-likeness (QED) is 0.516. The minimum absolute atomic E-state index is 0.0333.